The van der Waals surface area contributed by atoms with Crippen LogP contribution in [0.5, 0.6) is 0 Å². The van der Waals surface area contributed by atoms with Crippen molar-refractivity contribution in [1.82, 2.24) is 4.57 Å². The zero-order chi connectivity index (χ0) is 13.9. The topological polar surface area (TPSA) is 17.0 Å². The minimum atomic E-state index is 0.751. The van der Waals surface area contributed by atoms with Crippen LogP contribution < -0.4 is 5.32 Å². The number of hydrogen-bond acceptors (Lipinski definition) is 1. The van der Waals surface area contributed by atoms with Gasteiger partial charge in [0.15, 0.2) is 0 Å². The van der Waals surface area contributed by atoms with E-state index in [-0.39, 0.29) is 0 Å². The van der Waals surface area contributed by atoms with Crippen LogP contribution in [-0.4, -0.2) is 11.1 Å². The minimum Gasteiger partial charge on any atom is -0.383 e. The summed E-state index contributed by atoms with van der Waals surface area (Å²) < 4.78 is 2.20. The summed E-state index contributed by atoms with van der Waals surface area (Å²) >= 11 is 12.0. The number of hydrogen-bond donors (Lipinski definition) is 1. The number of rotatable bonds is 4. The highest BCUT2D eigenvalue weighted by Crippen LogP contribution is 2.24. The molecule has 0 aliphatic rings. The van der Waals surface area contributed by atoms with Gasteiger partial charge < -0.3 is 9.88 Å². The Morgan fingerprint density at radius 2 is 1.75 bits per heavy atom. The third-order valence-corrected chi connectivity index (χ3v) is 3.87. The summed E-state index contributed by atoms with van der Waals surface area (Å²) in [6.07, 6.45) is 2.07. The lowest BCUT2D eigenvalue weighted by Gasteiger charge is -2.09. The van der Waals surface area contributed by atoms with Gasteiger partial charge in [-0.15, -0.1) is 0 Å². The Labute approximate surface area is 127 Å². The molecule has 102 valence electrons. The standard InChI is InChI=1S/C16H14Cl2N2/c17-12-4-6-13(7-5-12)19-9-11-20-10-8-14-15(18)2-1-3-16(14)20/h1-8,10,19H,9,11H2. The molecule has 4 heteroatoms. The van der Waals surface area contributed by atoms with E-state index in [4.69, 9.17) is 23.2 Å². The van der Waals surface area contributed by atoms with Crippen molar-refractivity contribution in [2.24, 2.45) is 0 Å². The van der Waals surface area contributed by atoms with Crippen molar-refractivity contribution >= 4 is 39.8 Å². The van der Waals surface area contributed by atoms with Crippen LogP contribution in [0, 0.1) is 0 Å². The summed E-state index contributed by atoms with van der Waals surface area (Å²) in [6, 6.07) is 15.8. The molecule has 0 saturated carbocycles. The Morgan fingerprint density at radius 1 is 0.950 bits per heavy atom. The Morgan fingerprint density at radius 3 is 2.55 bits per heavy atom. The Balaban J connectivity index is 1.68. The molecule has 0 atom stereocenters. The molecule has 2 aromatic carbocycles. The van der Waals surface area contributed by atoms with Crippen LogP contribution in [0.25, 0.3) is 10.9 Å². The van der Waals surface area contributed by atoms with Crippen molar-refractivity contribution in [3.63, 3.8) is 0 Å². The van der Waals surface area contributed by atoms with Crippen LogP contribution in [0.4, 0.5) is 5.69 Å². The van der Waals surface area contributed by atoms with Crippen molar-refractivity contribution in [2.45, 2.75) is 6.54 Å². The van der Waals surface area contributed by atoms with E-state index in [1.54, 1.807) is 0 Å². The molecule has 20 heavy (non-hydrogen) atoms. The quantitative estimate of drug-likeness (QED) is 0.713. The van der Waals surface area contributed by atoms with Gasteiger partial charge in [0.2, 0.25) is 0 Å². The smallest absolute Gasteiger partial charge is 0.0499 e. The van der Waals surface area contributed by atoms with E-state index in [9.17, 15) is 0 Å². The zero-order valence-electron chi connectivity index (χ0n) is 10.8. The van der Waals surface area contributed by atoms with Crippen LogP contribution in [0.15, 0.2) is 54.7 Å². The van der Waals surface area contributed by atoms with Gasteiger partial charge in [-0.3, -0.25) is 0 Å². The fraction of sp³-hybridized carbons (Fsp3) is 0.125. The van der Waals surface area contributed by atoms with Crippen LogP contribution in [0.1, 0.15) is 0 Å². The van der Waals surface area contributed by atoms with Gasteiger partial charge in [0, 0.05) is 45.9 Å². The van der Waals surface area contributed by atoms with Crippen molar-refractivity contribution in [2.75, 3.05) is 11.9 Å². The second-order valence-corrected chi connectivity index (χ2v) is 5.46. The minimum absolute atomic E-state index is 0.751. The normalized spacial score (nSPS) is 10.9. The SMILES string of the molecule is Clc1ccc(NCCn2ccc3c(Cl)cccc32)cc1. The highest BCUT2D eigenvalue weighted by molar-refractivity contribution is 6.35. The first-order valence-corrected chi connectivity index (χ1v) is 7.22. The second-order valence-electron chi connectivity index (χ2n) is 4.62. The molecule has 1 aromatic heterocycles. The molecule has 0 saturated heterocycles. The largest absolute Gasteiger partial charge is 0.383 e. The van der Waals surface area contributed by atoms with Crippen LogP contribution in [0.3, 0.4) is 0 Å². The van der Waals surface area contributed by atoms with Gasteiger partial charge in [0.1, 0.15) is 0 Å². The van der Waals surface area contributed by atoms with Gasteiger partial charge >= 0.3 is 0 Å². The third kappa shape index (κ3) is 2.77. The van der Waals surface area contributed by atoms with E-state index >= 15 is 0 Å². The molecule has 0 bridgehead atoms. The molecule has 1 N–H and O–H groups in total. The number of anilines is 1. The first-order valence-electron chi connectivity index (χ1n) is 6.47. The molecule has 0 radical (unpaired) electrons. The maximum Gasteiger partial charge on any atom is 0.0499 e. The lowest BCUT2D eigenvalue weighted by molar-refractivity contribution is 0.757. The van der Waals surface area contributed by atoms with Gasteiger partial charge in [-0.2, -0.15) is 0 Å². The summed E-state index contributed by atoms with van der Waals surface area (Å²) in [7, 11) is 0. The number of fused-ring (bicyclic) bond motifs is 1. The fourth-order valence-corrected chi connectivity index (χ4v) is 2.63. The van der Waals surface area contributed by atoms with Crippen molar-refractivity contribution in [3.05, 3.63) is 64.8 Å². The van der Waals surface area contributed by atoms with Gasteiger partial charge in [0.25, 0.3) is 0 Å². The number of nitrogens with zero attached hydrogens (tertiary/aromatic N) is 1. The van der Waals surface area contributed by atoms with Gasteiger partial charge in [-0.05, 0) is 42.5 Å². The monoisotopic (exact) mass is 304 g/mol. The maximum atomic E-state index is 6.17. The molecular weight excluding hydrogens is 291 g/mol. The molecule has 3 aromatic rings. The zero-order valence-corrected chi connectivity index (χ0v) is 12.3. The highest BCUT2D eigenvalue weighted by atomic mass is 35.5. The molecule has 1 heterocycles. The highest BCUT2D eigenvalue weighted by Gasteiger charge is 2.03. The molecule has 0 aliphatic heterocycles. The van der Waals surface area contributed by atoms with Gasteiger partial charge in [-0.1, -0.05) is 29.3 Å². The Hall–Kier alpha value is -1.64. The lowest BCUT2D eigenvalue weighted by atomic mass is 10.2. The van der Waals surface area contributed by atoms with E-state index in [0.29, 0.717) is 0 Å². The summed E-state index contributed by atoms with van der Waals surface area (Å²) in [4.78, 5) is 0. The summed E-state index contributed by atoms with van der Waals surface area (Å²) in [6.45, 7) is 1.73. The molecule has 0 unspecified atom stereocenters. The van der Waals surface area contributed by atoms with E-state index in [2.05, 4.69) is 28.2 Å². The van der Waals surface area contributed by atoms with Crippen LogP contribution >= 0.6 is 23.2 Å². The second kappa shape index (κ2) is 5.78. The number of aromatic nitrogens is 1. The predicted octanol–water partition coefficient (Wildman–Crippen LogP) is 5.06. The number of benzene rings is 2. The fourth-order valence-electron chi connectivity index (χ4n) is 2.27. The first kappa shape index (κ1) is 13.3. The van der Waals surface area contributed by atoms with E-state index in [1.165, 1.54) is 0 Å². The predicted molar refractivity (Wildman–Crippen MR) is 86.9 cm³/mol. The van der Waals surface area contributed by atoms with Crippen LogP contribution in [0.2, 0.25) is 10.0 Å². The maximum absolute atomic E-state index is 6.17. The first-order chi connectivity index (χ1) is 9.74. The number of halogens is 2. The van der Waals surface area contributed by atoms with E-state index in [1.807, 2.05) is 36.4 Å². The van der Waals surface area contributed by atoms with Gasteiger partial charge in [-0.25, -0.2) is 0 Å². The molecule has 0 amide bonds. The van der Waals surface area contributed by atoms with Gasteiger partial charge in [0.05, 0.1) is 0 Å². The van der Waals surface area contributed by atoms with Crippen LogP contribution in [-0.2, 0) is 6.54 Å². The molecule has 0 spiro atoms. The Bertz CT molecular complexity index is 717. The van der Waals surface area contributed by atoms with Crippen molar-refractivity contribution < 1.29 is 0 Å². The summed E-state index contributed by atoms with van der Waals surface area (Å²) in [5.74, 6) is 0. The lowest BCUT2D eigenvalue weighted by Crippen LogP contribution is -2.09. The molecule has 0 fully saturated rings. The molecule has 0 aliphatic carbocycles. The number of nitrogens with one attached hydrogen (secondary N) is 1. The molecule has 2 nitrogen and oxygen atoms in total. The summed E-state index contributed by atoms with van der Waals surface area (Å²) in [5, 5.41) is 6.02. The van der Waals surface area contributed by atoms with Crippen molar-refractivity contribution in [3.8, 4) is 0 Å². The molecule has 3 rings (SSSR count). The average molecular weight is 305 g/mol. The third-order valence-electron chi connectivity index (χ3n) is 3.29. The Kier molecular flexibility index (Phi) is 3.86. The van der Waals surface area contributed by atoms with Crippen molar-refractivity contribution in [1.29, 1.82) is 0 Å². The summed E-state index contributed by atoms with van der Waals surface area (Å²) in [5.41, 5.74) is 2.24. The van der Waals surface area contributed by atoms with E-state index < -0.39 is 0 Å². The average Bonchev–Trinajstić information content (AvgIpc) is 2.86. The molecular formula is C16H14Cl2N2. The van der Waals surface area contributed by atoms with E-state index in [0.717, 1.165) is 39.7 Å².